The topological polar surface area (TPSA) is 12.5 Å². The van der Waals surface area contributed by atoms with Crippen molar-refractivity contribution in [1.29, 1.82) is 0 Å². The lowest BCUT2D eigenvalue weighted by Gasteiger charge is -2.18. The summed E-state index contributed by atoms with van der Waals surface area (Å²) in [6.45, 7) is 3.84. The van der Waals surface area contributed by atoms with Gasteiger partial charge in [-0.15, -0.1) is 0 Å². The Labute approximate surface area is 129 Å². The molecule has 2 rings (SSSR count). The second-order valence-corrected chi connectivity index (χ2v) is 5.74. The number of unbranched alkanes of at least 4 members (excludes halogenated alkanes) is 1. The minimum Gasteiger partial charge on any atom is -0.340 e. The molecule has 0 unspecified atom stereocenters. The number of ether oxygens (including phenoxy) is 1. The zero-order chi connectivity index (χ0) is 16.3. The Morgan fingerprint density at radius 1 is 1.05 bits per heavy atom. The molecule has 1 nitrogen and oxygen atoms in total. The first-order valence-electron chi connectivity index (χ1n) is 7.76. The van der Waals surface area contributed by atoms with Crippen LogP contribution < -0.4 is 0 Å². The van der Waals surface area contributed by atoms with Crippen LogP contribution in [0.15, 0.2) is 30.3 Å². The van der Waals surface area contributed by atoms with Crippen LogP contribution >= 0.6 is 0 Å². The molecular formula is C18H21F3O. The van der Waals surface area contributed by atoms with Crippen molar-refractivity contribution in [3.63, 3.8) is 0 Å². The number of hydrogen-bond donors (Lipinski definition) is 0. The number of hydrogen-bond acceptors (Lipinski definition) is 1. The molecule has 1 aliphatic heterocycles. The van der Waals surface area contributed by atoms with Gasteiger partial charge in [-0.2, -0.15) is 13.2 Å². The first kappa shape index (κ1) is 16.9. The Morgan fingerprint density at radius 2 is 1.73 bits per heavy atom. The summed E-state index contributed by atoms with van der Waals surface area (Å²) in [6.07, 6.45) is -1.48. The SMILES string of the molecule is CCCC[C@@]1(CCC)O[C@]1(C#Cc1ccccc1)C(F)(F)F. The van der Waals surface area contributed by atoms with Gasteiger partial charge < -0.3 is 4.74 Å². The van der Waals surface area contributed by atoms with Crippen molar-refractivity contribution in [2.24, 2.45) is 0 Å². The Morgan fingerprint density at radius 3 is 2.27 bits per heavy atom. The van der Waals surface area contributed by atoms with Crippen LogP contribution in [0.5, 0.6) is 0 Å². The molecule has 1 aromatic rings. The van der Waals surface area contributed by atoms with E-state index in [9.17, 15) is 13.2 Å². The van der Waals surface area contributed by atoms with E-state index >= 15 is 0 Å². The highest BCUT2D eigenvalue weighted by Gasteiger charge is 2.81. The minimum atomic E-state index is -4.47. The molecule has 1 fully saturated rings. The van der Waals surface area contributed by atoms with Gasteiger partial charge in [-0.3, -0.25) is 0 Å². The summed E-state index contributed by atoms with van der Waals surface area (Å²) in [7, 11) is 0. The first-order valence-corrected chi connectivity index (χ1v) is 7.76. The van der Waals surface area contributed by atoms with Crippen LogP contribution in [-0.2, 0) is 4.74 Å². The van der Waals surface area contributed by atoms with Crippen molar-refractivity contribution in [2.45, 2.75) is 63.3 Å². The van der Waals surface area contributed by atoms with Gasteiger partial charge in [0.2, 0.25) is 0 Å². The van der Waals surface area contributed by atoms with Gasteiger partial charge in [0.05, 0.1) is 0 Å². The maximum Gasteiger partial charge on any atom is 0.431 e. The highest BCUT2D eigenvalue weighted by molar-refractivity contribution is 5.42. The molecule has 1 saturated heterocycles. The summed E-state index contributed by atoms with van der Waals surface area (Å²) in [5, 5.41) is 0. The van der Waals surface area contributed by atoms with Crippen molar-refractivity contribution in [1.82, 2.24) is 0 Å². The lowest BCUT2D eigenvalue weighted by atomic mass is 9.84. The summed E-state index contributed by atoms with van der Waals surface area (Å²) in [5.41, 5.74) is -2.90. The molecule has 1 aliphatic rings. The maximum atomic E-state index is 13.6. The van der Waals surface area contributed by atoms with Crippen LogP contribution in [0.3, 0.4) is 0 Å². The summed E-state index contributed by atoms with van der Waals surface area (Å²) < 4.78 is 46.2. The zero-order valence-corrected chi connectivity index (χ0v) is 13.0. The normalized spacial score (nSPS) is 27.1. The first-order chi connectivity index (χ1) is 10.4. The number of rotatable bonds is 5. The van der Waals surface area contributed by atoms with E-state index in [0.717, 1.165) is 6.42 Å². The molecule has 1 heterocycles. The number of benzene rings is 1. The zero-order valence-electron chi connectivity index (χ0n) is 13.0. The van der Waals surface area contributed by atoms with Crippen LogP contribution in [-0.4, -0.2) is 17.4 Å². The number of halogens is 3. The Bertz CT molecular complexity index is 555. The van der Waals surface area contributed by atoms with Gasteiger partial charge >= 0.3 is 6.18 Å². The third-order valence-corrected chi connectivity index (χ3v) is 4.09. The van der Waals surface area contributed by atoms with Crippen molar-refractivity contribution < 1.29 is 17.9 Å². The van der Waals surface area contributed by atoms with Gasteiger partial charge in [0.25, 0.3) is 5.60 Å². The predicted octanol–water partition coefficient (Wildman–Crippen LogP) is 5.10. The van der Waals surface area contributed by atoms with E-state index in [1.54, 1.807) is 30.3 Å². The molecule has 0 aliphatic carbocycles. The molecular weight excluding hydrogens is 289 g/mol. The van der Waals surface area contributed by atoms with E-state index in [2.05, 4.69) is 11.8 Å². The smallest absolute Gasteiger partial charge is 0.340 e. The monoisotopic (exact) mass is 310 g/mol. The Hall–Kier alpha value is -1.47. The summed E-state index contributed by atoms with van der Waals surface area (Å²) in [6, 6.07) is 8.73. The van der Waals surface area contributed by atoms with E-state index in [0.29, 0.717) is 31.2 Å². The lowest BCUT2D eigenvalue weighted by molar-refractivity contribution is -0.167. The predicted molar refractivity (Wildman–Crippen MR) is 80.4 cm³/mol. The average molecular weight is 310 g/mol. The Kier molecular flexibility index (Phi) is 4.87. The third-order valence-electron chi connectivity index (χ3n) is 4.09. The van der Waals surface area contributed by atoms with Crippen LogP contribution in [0.2, 0.25) is 0 Å². The van der Waals surface area contributed by atoms with Crippen molar-refractivity contribution >= 4 is 0 Å². The van der Waals surface area contributed by atoms with Crippen molar-refractivity contribution in [3.8, 4) is 11.8 Å². The molecule has 0 amide bonds. The standard InChI is InChI=1S/C18H21F3O/c1-3-5-13-16(12-4-2)17(22-16,18(19,20)21)14-11-15-9-7-6-8-10-15/h6-10H,3-5,12-13H2,1-2H3/t16-,17+/m1/s1. The molecule has 0 N–H and O–H groups in total. The van der Waals surface area contributed by atoms with Crippen LogP contribution in [0, 0.1) is 11.8 Å². The summed E-state index contributed by atoms with van der Waals surface area (Å²) in [4.78, 5) is 0. The quantitative estimate of drug-likeness (QED) is 0.544. The van der Waals surface area contributed by atoms with Gasteiger partial charge in [-0.1, -0.05) is 57.2 Å². The second-order valence-electron chi connectivity index (χ2n) is 5.74. The van der Waals surface area contributed by atoms with Crippen molar-refractivity contribution in [2.75, 3.05) is 0 Å². The summed E-state index contributed by atoms with van der Waals surface area (Å²) >= 11 is 0. The summed E-state index contributed by atoms with van der Waals surface area (Å²) in [5.74, 6) is 5.06. The lowest BCUT2D eigenvalue weighted by Crippen LogP contribution is -2.39. The van der Waals surface area contributed by atoms with Crippen LogP contribution in [0.4, 0.5) is 13.2 Å². The minimum absolute atomic E-state index is 0.385. The van der Waals surface area contributed by atoms with Crippen molar-refractivity contribution in [3.05, 3.63) is 35.9 Å². The van der Waals surface area contributed by atoms with E-state index in [-0.39, 0.29) is 0 Å². The second kappa shape index (κ2) is 6.34. The van der Waals surface area contributed by atoms with E-state index in [1.165, 1.54) is 0 Å². The molecule has 2 atom stereocenters. The van der Waals surface area contributed by atoms with Gasteiger partial charge in [-0.05, 0) is 30.9 Å². The van der Waals surface area contributed by atoms with Crippen LogP contribution in [0.1, 0.15) is 51.5 Å². The molecule has 0 bridgehead atoms. The molecule has 0 saturated carbocycles. The van der Waals surface area contributed by atoms with Gasteiger partial charge in [0.15, 0.2) is 0 Å². The highest BCUT2D eigenvalue weighted by atomic mass is 19.4. The fraction of sp³-hybridized carbons (Fsp3) is 0.556. The molecule has 0 spiro atoms. The third kappa shape index (κ3) is 3.01. The molecule has 0 aromatic heterocycles. The van der Waals surface area contributed by atoms with E-state index in [1.807, 2.05) is 13.8 Å². The fourth-order valence-electron chi connectivity index (χ4n) is 2.92. The van der Waals surface area contributed by atoms with Gasteiger partial charge in [0, 0.05) is 5.56 Å². The molecule has 0 radical (unpaired) electrons. The number of epoxide rings is 1. The Balaban J connectivity index is 2.34. The molecule has 1 aromatic carbocycles. The average Bonchev–Trinajstić information content (AvgIpc) is 3.14. The van der Waals surface area contributed by atoms with Gasteiger partial charge in [0.1, 0.15) is 5.60 Å². The number of alkyl halides is 3. The van der Waals surface area contributed by atoms with Crippen LogP contribution in [0.25, 0.3) is 0 Å². The largest absolute Gasteiger partial charge is 0.431 e. The molecule has 4 heteroatoms. The van der Waals surface area contributed by atoms with E-state index < -0.39 is 17.4 Å². The maximum absolute atomic E-state index is 13.6. The molecule has 22 heavy (non-hydrogen) atoms. The van der Waals surface area contributed by atoms with Gasteiger partial charge in [-0.25, -0.2) is 0 Å². The fourth-order valence-corrected chi connectivity index (χ4v) is 2.92. The molecule has 120 valence electrons. The highest BCUT2D eigenvalue weighted by Crippen LogP contribution is 2.61. The van der Waals surface area contributed by atoms with E-state index in [4.69, 9.17) is 4.74 Å².